The lowest BCUT2D eigenvalue weighted by molar-refractivity contribution is 0.417. The fourth-order valence-electron chi connectivity index (χ4n) is 1.82. The zero-order valence-electron chi connectivity index (χ0n) is 11.4. The van der Waals surface area contributed by atoms with E-state index in [0.29, 0.717) is 15.8 Å². The molecule has 0 aliphatic rings. The maximum absolute atomic E-state index is 13.3. The van der Waals surface area contributed by atoms with E-state index in [9.17, 15) is 12.8 Å². The van der Waals surface area contributed by atoms with Crippen LogP contribution in [0, 0.1) is 12.7 Å². The van der Waals surface area contributed by atoms with Gasteiger partial charge in [0.2, 0.25) is 0 Å². The Labute approximate surface area is 131 Å². The summed E-state index contributed by atoms with van der Waals surface area (Å²) in [6.45, 7) is 1.60. The molecule has 2 rings (SSSR count). The topological polar surface area (TPSA) is 55.4 Å². The summed E-state index contributed by atoms with van der Waals surface area (Å²) < 4.78 is 46.3. The van der Waals surface area contributed by atoms with Crippen molar-refractivity contribution in [1.29, 1.82) is 0 Å². The third kappa shape index (κ3) is 3.54. The van der Waals surface area contributed by atoms with Crippen molar-refractivity contribution in [3.05, 3.63) is 52.3 Å². The SMILES string of the molecule is COc1ccc(Br)cc1NS(=O)(=O)c1cc(F)ccc1C. The number of sulfonamides is 1. The minimum absolute atomic E-state index is 0.107. The molecule has 0 unspecified atom stereocenters. The number of methoxy groups -OCH3 is 1. The highest BCUT2D eigenvalue weighted by Gasteiger charge is 2.19. The Morgan fingerprint density at radius 2 is 1.90 bits per heavy atom. The van der Waals surface area contributed by atoms with Crippen LogP contribution in [0.4, 0.5) is 10.1 Å². The highest BCUT2D eigenvalue weighted by atomic mass is 79.9. The van der Waals surface area contributed by atoms with Crippen LogP contribution >= 0.6 is 15.9 Å². The molecule has 7 heteroatoms. The first-order valence-electron chi connectivity index (χ1n) is 5.96. The lowest BCUT2D eigenvalue weighted by atomic mass is 10.2. The molecule has 0 aliphatic carbocycles. The number of nitrogens with one attached hydrogen (secondary N) is 1. The Balaban J connectivity index is 2.47. The molecular weight excluding hydrogens is 361 g/mol. The van der Waals surface area contributed by atoms with Gasteiger partial charge in [0.25, 0.3) is 10.0 Å². The van der Waals surface area contributed by atoms with E-state index in [2.05, 4.69) is 20.7 Å². The first-order valence-corrected chi connectivity index (χ1v) is 8.23. The van der Waals surface area contributed by atoms with Crippen LogP contribution < -0.4 is 9.46 Å². The molecule has 2 aromatic rings. The summed E-state index contributed by atoms with van der Waals surface area (Å²) in [5.41, 5.74) is 0.730. The van der Waals surface area contributed by atoms with Crippen molar-refractivity contribution < 1.29 is 17.5 Å². The number of benzene rings is 2. The van der Waals surface area contributed by atoms with E-state index in [1.54, 1.807) is 25.1 Å². The summed E-state index contributed by atoms with van der Waals surface area (Å²) >= 11 is 3.26. The standard InChI is InChI=1S/C14H13BrFNO3S/c1-9-3-5-11(16)8-14(9)21(18,19)17-12-7-10(15)4-6-13(12)20-2/h3-8,17H,1-2H3. The first kappa shape index (κ1) is 15.8. The summed E-state index contributed by atoms with van der Waals surface area (Å²) in [5.74, 6) is -0.238. The second-order valence-electron chi connectivity index (χ2n) is 4.36. The minimum atomic E-state index is -3.91. The van der Waals surface area contributed by atoms with Crippen LogP contribution in [0.25, 0.3) is 0 Å². The van der Waals surface area contributed by atoms with Gasteiger partial charge in [-0.2, -0.15) is 0 Å². The quantitative estimate of drug-likeness (QED) is 0.888. The van der Waals surface area contributed by atoms with Crippen LogP contribution in [0.1, 0.15) is 5.56 Å². The maximum Gasteiger partial charge on any atom is 0.262 e. The van der Waals surface area contributed by atoms with Gasteiger partial charge in [-0.05, 0) is 42.8 Å². The van der Waals surface area contributed by atoms with Gasteiger partial charge in [0, 0.05) is 4.47 Å². The molecular formula is C14H13BrFNO3S. The summed E-state index contributed by atoms with van der Waals surface area (Å²) in [6.07, 6.45) is 0. The van der Waals surface area contributed by atoms with E-state index >= 15 is 0 Å². The largest absolute Gasteiger partial charge is 0.495 e. The van der Waals surface area contributed by atoms with Gasteiger partial charge in [-0.3, -0.25) is 4.72 Å². The molecule has 0 spiro atoms. The third-order valence-electron chi connectivity index (χ3n) is 2.85. The Hall–Kier alpha value is -1.60. The number of hydrogen-bond acceptors (Lipinski definition) is 3. The number of hydrogen-bond donors (Lipinski definition) is 1. The van der Waals surface area contributed by atoms with E-state index in [4.69, 9.17) is 4.74 Å². The molecule has 0 heterocycles. The molecule has 0 saturated heterocycles. The van der Waals surface area contributed by atoms with Crippen molar-refractivity contribution >= 4 is 31.6 Å². The summed E-state index contributed by atoms with van der Waals surface area (Å²) in [6, 6.07) is 8.55. The van der Waals surface area contributed by atoms with Crippen molar-refractivity contribution in [2.45, 2.75) is 11.8 Å². The van der Waals surface area contributed by atoms with Gasteiger partial charge in [0.05, 0.1) is 17.7 Å². The lowest BCUT2D eigenvalue weighted by Crippen LogP contribution is -2.15. The van der Waals surface area contributed by atoms with Crippen LogP contribution in [0.5, 0.6) is 5.75 Å². The lowest BCUT2D eigenvalue weighted by Gasteiger charge is -2.13. The van der Waals surface area contributed by atoms with Gasteiger partial charge >= 0.3 is 0 Å². The average Bonchev–Trinajstić information content (AvgIpc) is 2.41. The predicted octanol–water partition coefficient (Wildman–Crippen LogP) is 3.71. The summed E-state index contributed by atoms with van der Waals surface area (Å²) in [5, 5.41) is 0. The van der Waals surface area contributed by atoms with Gasteiger partial charge in [-0.15, -0.1) is 0 Å². The van der Waals surface area contributed by atoms with Crippen LogP contribution in [0.2, 0.25) is 0 Å². The van der Waals surface area contributed by atoms with E-state index in [1.807, 2.05) is 0 Å². The molecule has 112 valence electrons. The molecule has 0 aromatic heterocycles. The molecule has 4 nitrogen and oxygen atoms in total. The Morgan fingerprint density at radius 3 is 2.57 bits per heavy atom. The molecule has 0 aliphatic heterocycles. The third-order valence-corrected chi connectivity index (χ3v) is 4.85. The predicted molar refractivity (Wildman–Crippen MR) is 82.6 cm³/mol. The van der Waals surface area contributed by atoms with Crippen LogP contribution in [-0.2, 0) is 10.0 Å². The molecule has 1 N–H and O–H groups in total. The zero-order chi connectivity index (χ0) is 15.6. The highest BCUT2D eigenvalue weighted by Crippen LogP contribution is 2.30. The van der Waals surface area contributed by atoms with Gasteiger partial charge in [-0.1, -0.05) is 22.0 Å². The summed E-state index contributed by atoms with van der Waals surface area (Å²) in [7, 11) is -2.47. The second-order valence-corrected chi connectivity index (χ2v) is 6.93. The van der Waals surface area contributed by atoms with Gasteiger partial charge in [0.1, 0.15) is 11.6 Å². The smallest absolute Gasteiger partial charge is 0.262 e. The van der Waals surface area contributed by atoms with Crippen molar-refractivity contribution in [3.8, 4) is 5.75 Å². The van der Waals surface area contributed by atoms with Crippen LogP contribution in [0.15, 0.2) is 45.8 Å². The second kappa shape index (κ2) is 6.03. The molecule has 2 aromatic carbocycles. The number of anilines is 1. The molecule has 0 fully saturated rings. The Bertz CT molecular complexity index is 778. The van der Waals surface area contributed by atoms with Crippen LogP contribution in [-0.4, -0.2) is 15.5 Å². The summed E-state index contributed by atoms with van der Waals surface area (Å²) in [4.78, 5) is -0.107. The number of halogens is 2. The Kier molecular flexibility index (Phi) is 4.53. The first-order chi connectivity index (χ1) is 9.83. The number of aryl methyl sites for hydroxylation is 1. The molecule has 0 bridgehead atoms. The van der Waals surface area contributed by atoms with Gasteiger partial charge < -0.3 is 4.74 Å². The van der Waals surface area contributed by atoms with Gasteiger partial charge in [-0.25, -0.2) is 12.8 Å². The average molecular weight is 374 g/mol. The van der Waals surface area contributed by atoms with Gasteiger partial charge in [0.15, 0.2) is 0 Å². The molecule has 0 saturated carbocycles. The van der Waals surface area contributed by atoms with Crippen molar-refractivity contribution in [1.82, 2.24) is 0 Å². The van der Waals surface area contributed by atoms with E-state index in [1.165, 1.54) is 19.2 Å². The van der Waals surface area contributed by atoms with Crippen molar-refractivity contribution in [2.75, 3.05) is 11.8 Å². The normalized spacial score (nSPS) is 11.2. The number of ether oxygens (including phenoxy) is 1. The zero-order valence-corrected chi connectivity index (χ0v) is 13.8. The molecule has 0 radical (unpaired) electrons. The Morgan fingerprint density at radius 1 is 1.19 bits per heavy atom. The number of rotatable bonds is 4. The van der Waals surface area contributed by atoms with E-state index in [-0.39, 0.29) is 10.6 Å². The highest BCUT2D eigenvalue weighted by molar-refractivity contribution is 9.10. The van der Waals surface area contributed by atoms with E-state index < -0.39 is 15.8 Å². The monoisotopic (exact) mass is 373 g/mol. The van der Waals surface area contributed by atoms with Crippen molar-refractivity contribution in [3.63, 3.8) is 0 Å². The molecule has 0 atom stereocenters. The fourth-order valence-corrected chi connectivity index (χ4v) is 3.50. The van der Waals surface area contributed by atoms with Crippen LogP contribution in [0.3, 0.4) is 0 Å². The minimum Gasteiger partial charge on any atom is -0.495 e. The van der Waals surface area contributed by atoms with Crippen molar-refractivity contribution in [2.24, 2.45) is 0 Å². The van der Waals surface area contributed by atoms with E-state index in [0.717, 1.165) is 6.07 Å². The molecule has 0 amide bonds. The fraction of sp³-hybridized carbons (Fsp3) is 0.143. The maximum atomic E-state index is 13.3. The molecule has 21 heavy (non-hydrogen) atoms.